The number of aromatic nitrogens is 5. The van der Waals surface area contributed by atoms with Crippen LogP contribution in [0.15, 0.2) is 24.7 Å². The predicted molar refractivity (Wildman–Crippen MR) is 125 cm³/mol. The molecule has 32 heavy (non-hydrogen) atoms. The van der Waals surface area contributed by atoms with Crippen LogP contribution in [0.25, 0.3) is 27.9 Å². The van der Waals surface area contributed by atoms with Crippen molar-refractivity contribution in [3.8, 4) is 11.3 Å². The van der Waals surface area contributed by atoms with Crippen LogP contribution in [-0.4, -0.2) is 63.0 Å². The van der Waals surface area contributed by atoms with E-state index in [1.807, 2.05) is 4.52 Å². The first-order valence-corrected chi connectivity index (χ1v) is 11.4. The molecule has 6 heterocycles. The van der Waals surface area contributed by atoms with Crippen LogP contribution in [0.1, 0.15) is 36.5 Å². The molecule has 0 amide bonds. The monoisotopic (exact) mass is 431 g/mol. The molecule has 2 saturated heterocycles. The van der Waals surface area contributed by atoms with Crippen LogP contribution in [0.4, 0.5) is 5.82 Å². The van der Waals surface area contributed by atoms with Crippen molar-refractivity contribution in [2.24, 2.45) is 0 Å². The van der Waals surface area contributed by atoms with Crippen molar-refractivity contribution in [2.75, 3.05) is 31.2 Å². The molecule has 0 aliphatic carbocycles. The van der Waals surface area contributed by atoms with Crippen LogP contribution in [0.5, 0.6) is 0 Å². The van der Waals surface area contributed by atoms with Crippen LogP contribution in [-0.2, 0) is 4.74 Å². The van der Waals surface area contributed by atoms with E-state index < -0.39 is 0 Å². The number of pyridine rings is 2. The second-order valence-corrected chi connectivity index (χ2v) is 9.37. The van der Waals surface area contributed by atoms with Gasteiger partial charge < -0.3 is 19.9 Å². The van der Waals surface area contributed by atoms with E-state index in [-0.39, 0.29) is 0 Å². The highest BCUT2D eigenvalue weighted by atomic mass is 16.5. The number of morpholine rings is 1. The number of hydrogen-bond acceptors (Lipinski definition) is 6. The molecule has 166 valence electrons. The summed E-state index contributed by atoms with van der Waals surface area (Å²) in [6.07, 6.45) is 3.70. The third-order valence-electron chi connectivity index (χ3n) is 7.07. The summed E-state index contributed by atoms with van der Waals surface area (Å²) in [5.41, 5.74) is 8.92. The molecule has 6 rings (SSSR count). The van der Waals surface area contributed by atoms with E-state index in [4.69, 9.17) is 9.72 Å². The van der Waals surface area contributed by atoms with Crippen LogP contribution in [0.2, 0.25) is 0 Å². The number of fused-ring (bicyclic) bond motifs is 4. The summed E-state index contributed by atoms with van der Waals surface area (Å²) in [6.45, 7) is 12.1. The van der Waals surface area contributed by atoms with Crippen molar-refractivity contribution in [2.45, 2.75) is 45.7 Å². The Labute approximate surface area is 187 Å². The molecular formula is C24H29N7O. The highest BCUT2D eigenvalue weighted by molar-refractivity contribution is 5.90. The second-order valence-electron chi connectivity index (χ2n) is 9.37. The molecule has 0 aromatic carbocycles. The third-order valence-corrected chi connectivity index (χ3v) is 7.07. The van der Waals surface area contributed by atoms with Crippen molar-refractivity contribution in [1.29, 1.82) is 0 Å². The number of H-pyrrole nitrogens is 1. The number of hydrogen-bond donors (Lipinski definition) is 2. The zero-order chi connectivity index (χ0) is 22.0. The van der Waals surface area contributed by atoms with E-state index >= 15 is 0 Å². The fraction of sp³-hybridized carbons (Fsp3) is 0.458. The number of ether oxygens (including phenoxy) is 1. The number of nitrogens with one attached hydrogen (secondary N) is 2. The van der Waals surface area contributed by atoms with Gasteiger partial charge in [0.15, 0.2) is 5.65 Å². The van der Waals surface area contributed by atoms with Crippen molar-refractivity contribution in [1.82, 2.24) is 29.9 Å². The van der Waals surface area contributed by atoms with Gasteiger partial charge in [0, 0.05) is 30.4 Å². The number of aryl methyl sites for hydroxylation is 1. The zero-order valence-electron chi connectivity index (χ0n) is 19.0. The maximum absolute atomic E-state index is 5.82. The van der Waals surface area contributed by atoms with E-state index in [2.05, 4.69) is 71.3 Å². The van der Waals surface area contributed by atoms with Crippen LogP contribution in [0, 0.1) is 13.8 Å². The van der Waals surface area contributed by atoms with Gasteiger partial charge in [-0.05, 0) is 43.0 Å². The Bertz CT molecular complexity index is 1300. The lowest BCUT2D eigenvalue weighted by atomic mass is 9.95. The Hall–Kier alpha value is -2.97. The van der Waals surface area contributed by atoms with E-state index in [0.717, 1.165) is 65.6 Å². The smallest absolute Gasteiger partial charge is 0.158 e. The van der Waals surface area contributed by atoms with Gasteiger partial charge in [0.1, 0.15) is 12.1 Å². The molecule has 2 unspecified atom stereocenters. The predicted octanol–water partition coefficient (Wildman–Crippen LogP) is 3.19. The minimum atomic E-state index is 0.318. The lowest BCUT2D eigenvalue weighted by molar-refractivity contribution is 0.0523. The van der Waals surface area contributed by atoms with Gasteiger partial charge in [-0.3, -0.25) is 0 Å². The number of anilines is 1. The summed E-state index contributed by atoms with van der Waals surface area (Å²) in [6, 6.07) is 4.99. The van der Waals surface area contributed by atoms with Crippen molar-refractivity contribution >= 4 is 22.5 Å². The lowest BCUT2D eigenvalue weighted by Gasteiger charge is -2.46. The molecule has 8 heteroatoms. The topological polar surface area (TPSA) is 83.4 Å². The quantitative estimate of drug-likeness (QED) is 0.518. The van der Waals surface area contributed by atoms with Crippen molar-refractivity contribution in [3.63, 3.8) is 0 Å². The van der Waals surface area contributed by atoms with Gasteiger partial charge in [-0.1, -0.05) is 13.8 Å². The minimum absolute atomic E-state index is 0.318. The normalized spacial score (nSPS) is 21.2. The first kappa shape index (κ1) is 19.7. The Morgan fingerprint density at radius 3 is 2.62 bits per heavy atom. The average molecular weight is 432 g/mol. The SMILES string of the molecule is Cc1c(-c2[nH]c3ccc(N4C5CNCC4COC5)nc3c2C(C)C)cn2ncnc2c1C. The highest BCUT2D eigenvalue weighted by Crippen LogP contribution is 2.38. The standard InChI is InChI=1S/C24H29N7O/c1-13(2)21-22(18-9-30-24(26-12-27-30)15(4)14(18)3)28-19-5-6-20(29-23(19)21)31-16-7-25-8-17(31)11-32-10-16/h5-6,9,12-13,16-17,25,28H,7-8,10-11H2,1-4H3. The molecule has 0 saturated carbocycles. The van der Waals surface area contributed by atoms with Gasteiger partial charge in [-0.2, -0.15) is 5.10 Å². The summed E-state index contributed by atoms with van der Waals surface area (Å²) in [5, 5.41) is 7.93. The lowest BCUT2D eigenvalue weighted by Crippen LogP contribution is -2.64. The van der Waals surface area contributed by atoms with E-state index in [0.29, 0.717) is 18.0 Å². The molecular weight excluding hydrogens is 402 g/mol. The van der Waals surface area contributed by atoms with Gasteiger partial charge in [0.25, 0.3) is 0 Å². The Morgan fingerprint density at radius 1 is 1.09 bits per heavy atom. The number of aromatic amines is 1. The molecule has 0 spiro atoms. The van der Waals surface area contributed by atoms with E-state index in [1.54, 1.807) is 6.33 Å². The fourth-order valence-corrected chi connectivity index (χ4v) is 5.35. The third kappa shape index (κ3) is 2.86. The van der Waals surface area contributed by atoms with Crippen LogP contribution in [0.3, 0.4) is 0 Å². The summed E-state index contributed by atoms with van der Waals surface area (Å²) >= 11 is 0. The second kappa shape index (κ2) is 7.28. The van der Waals surface area contributed by atoms with Crippen LogP contribution >= 0.6 is 0 Å². The molecule has 8 nitrogen and oxygen atoms in total. The van der Waals surface area contributed by atoms with Crippen molar-refractivity contribution < 1.29 is 4.74 Å². The largest absolute Gasteiger partial charge is 0.377 e. The minimum Gasteiger partial charge on any atom is -0.377 e. The molecule has 2 fully saturated rings. The highest BCUT2D eigenvalue weighted by Gasteiger charge is 2.35. The Morgan fingerprint density at radius 2 is 1.88 bits per heavy atom. The summed E-state index contributed by atoms with van der Waals surface area (Å²) in [7, 11) is 0. The number of nitrogens with zero attached hydrogens (tertiary/aromatic N) is 5. The van der Waals surface area contributed by atoms with Gasteiger partial charge in [0.05, 0.1) is 42.0 Å². The van der Waals surface area contributed by atoms with E-state index in [1.165, 1.54) is 11.1 Å². The van der Waals surface area contributed by atoms with Crippen LogP contribution < -0.4 is 10.2 Å². The van der Waals surface area contributed by atoms with Gasteiger partial charge in [0.2, 0.25) is 0 Å². The average Bonchev–Trinajstić information content (AvgIpc) is 3.39. The zero-order valence-corrected chi connectivity index (χ0v) is 19.0. The Kier molecular flexibility index (Phi) is 4.48. The summed E-state index contributed by atoms with van der Waals surface area (Å²) in [5.74, 6) is 1.36. The molecule has 2 atom stereocenters. The van der Waals surface area contributed by atoms with E-state index in [9.17, 15) is 0 Å². The van der Waals surface area contributed by atoms with Gasteiger partial charge >= 0.3 is 0 Å². The fourth-order valence-electron chi connectivity index (χ4n) is 5.35. The molecule has 2 N–H and O–H groups in total. The number of piperazine rings is 1. The molecule has 2 aliphatic rings. The summed E-state index contributed by atoms with van der Waals surface area (Å²) in [4.78, 5) is 15.8. The molecule has 2 bridgehead atoms. The maximum Gasteiger partial charge on any atom is 0.158 e. The summed E-state index contributed by atoms with van der Waals surface area (Å²) < 4.78 is 7.69. The van der Waals surface area contributed by atoms with Gasteiger partial charge in [-0.25, -0.2) is 14.5 Å². The molecule has 4 aromatic heterocycles. The molecule has 0 radical (unpaired) electrons. The molecule has 4 aromatic rings. The molecule has 2 aliphatic heterocycles. The first-order valence-electron chi connectivity index (χ1n) is 11.4. The maximum atomic E-state index is 5.82. The number of rotatable bonds is 3. The van der Waals surface area contributed by atoms with Crippen molar-refractivity contribution in [3.05, 3.63) is 41.3 Å². The van der Waals surface area contributed by atoms with Gasteiger partial charge in [-0.15, -0.1) is 0 Å². The Balaban J connectivity index is 1.54. The first-order chi connectivity index (χ1) is 15.5.